The lowest BCUT2D eigenvalue weighted by Crippen LogP contribution is -2.32. The minimum Gasteiger partial charge on any atom is -0.468 e. The highest BCUT2D eigenvalue weighted by Gasteiger charge is 2.03. The Morgan fingerprint density at radius 3 is 2.82 bits per heavy atom. The minimum atomic E-state index is -0.283. The summed E-state index contributed by atoms with van der Waals surface area (Å²) in [5, 5.41) is 11.4. The van der Waals surface area contributed by atoms with Crippen molar-refractivity contribution in [2.45, 2.75) is 19.4 Å². The summed E-state index contributed by atoms with van der Waals surface area (Å²) in [4.78, 5) is 10.6. The monoisotopic (exact) mass is 161 g/mol. The molecule has 0 aliphatic carbocycles. The Bertz CT molecular complexity index is 116. The lowest BCUT2D eigenvalue weighted by atomic mass is 10.2. The van der Waals surface area contributed by atoms with Crippen LogP contribution in [0.2, 0.25) is 0 Å². The summed E-state index contributed by atoms with van der Waals surface area (Å²) < 4.78 is 4.41. The number of carbonyl (C=O) groups is 1. The van der Waals surface area contributed by atoms with Crippen LogP contribution in [0, 0.1) is 0 Å². The summed E-state index contributed by atoms with van der Waals surface area (Å²) in [6, 6.07) is 0.152. The molecule has 0 saturated heterocycles. The fourth-order valence-corrected chi connectivity index (χ4v) is 0.625. The molecule has 0 amide bonds. The fourth-order valence-electron chi connectivity index (χ4n) is 0.625. The number of methoxy groups -OCH3 is 1. The molecule has 0 rings (SSSR count). The lowest BCUT2D eigenvalue weighted by Gasteiger charge is -2.10. The van der Waals surface area contributed by atoms with Gasteiger partial charge in [-0.2, -0.15) is 0 Å². The van der Waals surface area contributed by atoms with Gasteiger partial charge in [0.1, 0.15) is 0 Å². The maximum Gasteiger partial charge on any atom is 0.319 e. The Kier molecular flexibility index (Phi) is 5.78. The highest BCUT2D eigenvalue weighted by atomic mass is 16.5. The van der Waals surface area contributed by atoms with E-state index in [1.165, 1.54) is 7.11 Å². The van der Waals surface area contributed by atoms with Gasteiger partial charge in [-0.15, -0.1) is 0 Å². The molecule has 0 aromatic rings. The number of rotatable bonds is 5. The van der Waals surface area contributed by atoms with Gasteiger partial charge in [0.25, 0.3) is 0 Å². The molecule has 4 heteroatoms. The maximum absolute atomic E-state index is 10.6. The number of hydrogen-bond donors (Lipinski definition) is 2. The van der Waals surface area contributed by atoms with Crippen molar-refractivity contribution in [3.8, 4) is 0 Å². The summed E-state index contributed by atoms with van der Waals surface area (Å²) in [5.74, 6) is -0.283. The van der Waals surface area contributed by atoms with Crippen molar-refractivity contribution in [1.29, 1.82) is 0 Å². The summed E-state index contributed by atoms with van der Waals surface area (Å²) in [7, 11) is 1.35. The van der Waals surface area contributed by atoms with Crippen molar-refractivity contribution in [2.75, 3.05) is 20.3 Å². The fraction of sp³-hybridized carbons (Fsp3) is 0.857. The van der Waals surface area contributed by atoms with Crippen molar-refractivity contribution in [3.63, 3.8) is 0 Å². The van der Waals surface area contributed by atoms with Crippen molar-refractivity contribution in [1.82, 2.24) is 5.32 Å². The normalized spacial score (nSPS) is 12.6. The van der Waals surface area contributed by atoms with Gasteiger partial charge in [0.05, 0.1) is 13.7 Å². The van der Waals surface area contributed by atoms with Crippen LogP contribution >= 0.6 is 0 Å². The molecule has 1 atom stereocenters. The number of esters is 1. The van der Waals surface area contributed by atoms with Gasteiger partial charge in [0, 0.05) is 12.6 Å². The summed E-state index contributed by atoms with van der Waals surface area (Å²) in [5.41, 5.74) is 0. The Morgan fingerprint density at radius 2 is 2.36 bits per heavy atom. The molecule has 0 aliphatic rings. The van der Waals surface area contributed by atoms with Crippen LogP contribution in [0.3, 0.4) is 0 Å². The number of hydrogen-bond acceptors (Lipinski definition) is 4. The molecule has 0 saturated carbocycles. The number of aliphatic hydroxyl groups excluding tert-OH is 1. The molecule has 1 unspecified atom stereocenters. The predicted octanol–water partition coefficient (Wildman–Crippen LogP) is -0.480. The van der Waals surface area contributed by atoms with Crippen molar-refractivity contribution in [2.24, 2.45) is 0 Å². The van der Waals surface area contributed by atoms with Crippen LogP contribution in [0.4, 0.5) is 0 Å². The van der Waals surface area contributed by atoms with Crippen LogP contribution in [0.1, 0.15) is 13.3 Å². The first-order valence-corrected chi connectivity index (χ1v) is 3.61. The van der Waals surface area contributed by atoms with Crippen LogP contribution in [0.25, 0.3) is 0 Å². The molecular weight excluding hydrogens is 146 g/mol. The quantitative estimate of drug-likeness (QED) is 0.535. The molecule has 11 heavy (non-hydrogen) atoms. The first-order chi connectivity index (χ1) is 5.20. The van der Waals surface area contributed by atoms with E-state index in [0.717, 1.165) is 0 Å². The predicted molar refractivity (Wildman–Crippen MR) is 41.2 cm³/mol. The molecule has 0 aliphatic heterocycles. The number of nitrogens with one attached hydrogen (secondary N) is 1. The van der Waals surface area contributed by atoms with E-state index in [9.17, 15) is 4.79 Å². The summed E-state index contributed by atoms with van der Waals surface area (Å²) in [6.07, 6.45) is 0.650. The van der Waals surface area contributed by atoms with Crippen LogP contribution in [0.15, 0.2) is 0 Å². The maximum atomic E-state index is 10.6. The van der Waals surface area contributed by atoms with Crippen LogP contribution in [-0.4, -0.2) is 37.4 Å². The van der Waals surface area contributed by atoms with Crippen LogP contribution < -0.4 is 5.32 Å². The summed E-state index contributed by atoms with van der Waals surface area (Å²) in [6.45, 7) is 2.24. The average molecular weight is 161 g/mol. The van der Waals surface area contributed by atoms with E-state index < -0.39 is 0 Å². The lowest BCUT2D eigenvalue weighted by molar-refractivity contribution is -0.139. The van der Waals surface area contributed by atoms with Crippen molar-refractivity contribution >= 4 is 5.97 Å². The van der Waals surface area contributed by atoms with E-state index in [2.05, 4.69) is 10.1 Å². The van der Waals surface area contributed by atoms with E-state index in [1.54, 1.807) is 0 Å². The minimum absolute atomic E-state index is 0.134. The molecule has 0 spiro atoms. The molecule has 0 radical (unpaired) electrons. The van der Waals surface area contributed by atoms with Gasteiger partial charge >= 0.3 is 5.97 Å². The highest BCUT2D eigenvalue weighted by Crippen LogP contribution is 1.87. The van der Waals surface area contributed by atoms with E-state index in [4.69, 9.17) is 5.11 Å². The first-order valence-electron chi connectivity index (χ1n) is 3.61. The van der Waals surface area contributed by atoms with Gasteiger partial charge in [0.2, 0.25) is 0 Å². The molecule has 4 nitrogen and oxygen atoms in total. The zero-order valence-electron chi connectivity index (χ0n) is 6.96. The molecule has 0 bridgehead atoms. The second-order valence-corrected chi connectivity index (χ2v) is 2.37. The Balaban J connectivity index is 3.29. The zero-order chi connectivity index (χ0) is 8.69. The average Bonchev–Trinajstić information content (AvgIpc) is 2.01. The number of ether oxygens (including phenoxy) is 1. The van der Waals surface area contributed by atoms with E-state index >= 15 is 0 Å². The molecule has 0 aromatic heterocycles. The van der Waals surface area contributed by atoms with Gasteiger partial charge in [-0.25, -0.2) is 0 Å². The Labute approximate surface area is 66.5 Å². The third kappa shape index (κ3) is 5.82. The van der Waals surface area contributed by atoms with E-state index in [0.29, 0.717) is 6.42 Å². The Morgan fingerprint density at radius 1 is 1.73 bits per heavy atom. The third-order valence-electron chi connectivity index (χ3n) is 1.38. The molecule has 0 heterocycles. The number of carbonyl (C=O) groups excluding carboxylic acids is 1. The van der Waals surface area contributed by atoms with Crippen LogP contribution in [0.5, 0.6) is 0 Å². The number of aliphatic hydroxyl groups is 1. The smallest absolute Gasteiger partial charge is 0.319 e. The largest absolute Gasteiger partial charge is 0.468 e. The van der Waals surface area contributed by atoms with E-state index in [-0.39, 0.29) is 25.2 Å². The molecule has 0 aromatic carbocycles. The summed E-state index contributed by atoms with van der Waals surface area (Å²) >= 11 is 0. The second-order valence-electron chi connectivity index (χ2n) is 2.37. The second kappa shape index (κ2) is 6.12. The molecule has 66 valence electrons. The van der Waals surface area contributed by atoms with Crippen molar-refractivity contribution in [3.05, 3.63) is 0 Å². The van der Waals surface area contributed by atoms with Gasteiger partial charge < -0.3 is 15.2 Å². The molecular formula is C7H15NO3. The van der Waals surface area contributed by atoms with E-state index in [1.807, 2.05) is 6.92 Å². The van der Waals surface area contributed by atoms with Crippen LogP contribution in [-0.2, 0) is 9.53 Å². The zero-order valence-corrected chi connectivity index (χ0v) is 6.96. The van der Waals surface area contributed by atoms with Gasteiger partial charge in [-0.05, 0) is 13.3 Å². The van der Waals surface area contributed by atoms with Gasteiger partial charge in [0.15, 0.2) is 0 Å². The standard InChI is InChI=1S/C7H15NO3/c1-6(3-4-9)8-5-7(10)11-2/h6,8-9H,3-5H2,1-2H3. The van der Waals surface area contributed by atoms with Gasteiger partial charge in [-0.3, -0.25) is 4.79 Å². The SMILES string of the molecule is COC(=O)CNC(C)CCO. The van der Waals surface area contributed by atoms with Crippen molar-refractivity contribution < 1.29 is 14.6 Å². The molecule has 0 fully saturated rings. The molecule has 2 N–H and O–H groups in total. The third-order valence-corrected chi connectivity index (χ3v) is 1.38. The van der Waals surface area contributed by atoms with Gasteiger partial charge in [-0.1, -0.05) is 0 Å². The highest BCUT2D eigenvalue weighted by molar-refractivity contribution is 5.71. The topological polar surface area (TPSA) is 58.6 Å². The first kappa shape index (κ1) is 10.4. The Hall–Kier alpha value is -0.610.